The maximum atomic E-state index is 8.88. The first-order valence-corrected chi connectivity index (χ1v) is 6.70. The number of thioether (sulfide) groups is 1. The van der Waals surface area contributed by atoms with Crippen LogP contribution in [0.25, 0.3) is 0 Å². The van der Waals surface area contributed by atoms with Crippen LogP contribution < -0.4 is 0 Å². The fraction of sp³-hybridized carbons (Fsp3) is 0.667. The van der Waals surface area contributed by atoms with Crippen molar-refractivity contribution in [2.45, 2.75) is 37.3 Å². The summed E-state index contributed by atoms with van der Waals surface area (Å²) in [6.07, 6.45) is 2.57. The van der Waals surface area contributed by atoms with Crippen LogP contribution in [-0.4, -0.2) is 46.7 Å². The van der Waals surface area contributed by atoms with E-state index in [2.05, 4.69) is 32.5 Å². The molecule has 0 aliphatic rings. The minimum absolute atomic E-state index is 0.0185. The quantitative estimate of drug-likeness (QED) is 0.705. The van der Waals surface area contributed by atoms with Gasteiger partial charge in [-0.3, -0.25) is 0 Å². The number of aromatic nitrogens is 7. The molecule has 0 atom stereocenters. The molecule has 0 aliphatic carbocycles. The van der Waals surface area contributed by atoms with Gasteiger partial charge in [0.15, 0.2) is 0 Å². The largest absolute Gasteiger partial charge is 0.394 e. The first-order chi connectivity index (χ1) is 8.85. The highest BCUT2D eigenvalue weighted by Crippen LogP contribution is 2.18. The molecule has 2 aromatic rings. The molecule has 0 amide bonds. The van der Waals surface area contributed by atoms with E-state index in [0.717, 1.165) is 18.8 Å². The Hall–Kier alpha value is -1.48. The molecule has 2 heterocycles. The standard InChI is InChI=1S/C9H15N7OS/c1-2-3-15-8(10-7-11-15)6-18-9-12-13-14-16(9)4-5-17/h7,17H,2-6H2,1H3. The summed E-state index contributed by atoms with van der Waals surface area (Å²) in [5, 5.41) is 25.0. The average molecular weight is 269 g/mol. The van der Waals surface area contributed by atoms with Crippen LogP contribution in [0.4, 0.5) is 0 Å². The fourth-order valence-corrected chi connectivity index (χ4v) is 2.32. The number of aliphatic hydroxyl groups excluding tert-OH is 1. The van der Waals surface area contributed by atoms with E-state index < -0.39 is 0 Å². The highest BCUT2D eigenvalue weighted by atomic mass is 32.2. The highest BCUT2D eigenvalue weighted by molar-refractivity contribution is 7.98. The maximum Gasteiger partial charge on any atom is 0.209 e. The van der Waals surface area contributed by atoms with Gasteiger partial charge in [-0.05, 0) is 16.8 Å². The third-order valence-corrected chi connectivity index (χ3v) is 3.23. The topological polar surface area (TPSA) is 94.5 Å². The molecular weight excluding hydrogens is 254 g/mol. The lowest BCUT2D eigenvalue weighted by atomic mass is 10.5. The van der Waals surface area contributed by atoms with Gasteiger partial charge in [-0.2, -0.15) is 5.10 Å². The number of nitrogens with zero attached hydrogens (tertiary/aromatic N) is 7. The van der Waals surface area contributed by atoms with Gasteiger partial charge in [-0.15, -0.1) is 5.10 Å². The Kier molecular flexibility index (Phi) is 4.65. The van der Waals surface area contributed by atoms with Crippen LogP contribution in [-0.2, 0) is 18.8 Å². The molecule has 1 N–H and O–H groups in total. The van der Waals surface area contributed by atoms with E-state index in [1.165, 1.54) is 11.8 Å². The minimum Gasteiger partial charge on any atom is -0.394 e. The zero-order valence-electron chi connectivity index (χ0n) is 10.1. The van der Waals surface area contributed by atoms with Crippen LogP contribution in [0.5, 0.6) is 0 Å². The number of aliphatic hydroxyl groups is 1. The molecule has 0 saturated carbocycles. The van der Waals surface area contributed by atoms with Gasteiger partial charge in [0.2, 0.25) is 5.16 Å². The Bertz CT molecular complexity index is 438. The van der Waals surface area contributed by atoms with Crippen molar-refractivity contribution in [3.8, 4) is 0 Å². The molecule has 0 fully saturated rings. The second-order valence-electron chi connectivity index (χ2n) is 3.60. The van der Waals surface area contributed by atoms with E-state index in [0.29, 0.717) is 17.5 Å². The van der Waals surface area contributed by atoms with Crippen LogP contribution in [0, 0.1) is 0 Å². The lowest BCUT2D eigenvalue weighted by Gasteiger charge is -2.04. The predicted molar refractivity (Wildman–Crippen MR) is 64.8 cm³/mol. The van der Waals surface area contributed by atoms with Gasteiger partial charge in [-0.1, -0.05) is 18.7 Å². The summed E-state index contributed by atoms with van der Waals surface area (Å²) in [6.45, 7) is 3.37. The monoisotopic (exact) mass is 269 g/mol. The lowest BCUT2D eigenvalue weighted by Crippen LogP contribution is -2.07. The van der Waals surface area contributed by atoms with E-state index >= 15 is 0 Å². The van der Waals surface area contributed by atoms with Crippen molar-refractivity contribution < 1.29 is 5.11 Å². The zero-order chi connectivity index (χ0) is 12.8. The van der Waals surface area contributed by atoms with Crippen molar-refractivity contribution >= 4 is 11.8 Å². The average Bonchev–Trinajstić information content (AvgIpc) is 2.97. The second kappa shape index (κ2) is 6.45. The Morgan fingerprint density at radius 3 is 3.00 bits per heavy atom. The van der Waals surface area contributed by atoms with Gasteiger partial charge in [0.1, 0.15) is 12.2 Å². The molecule has 0 spiro atoms. The lowest BCUT2D eigenvalue weighted by molar-refractivity contribution is 0.262. The summed E-state index contributed by atoms with van der Waals surface area (Å²) in [6, 6.07) is 0. The van der Waals surface area contributed by atoms with Crippen molar-refractivity contribution in [2.75, 3.05) is 6.61 Å². The Morgan fingerprint density at radius 1 is 1.33 bits per heavy atom. The summed E-state index contributed by atoms with van der Waals surface area (Å²) in [7, 11) is 0. The van der Waals surface area contributed by atoms with Crippen LogP contribution in [0.2, 0.25) is 0 Å². The maximum absolute atomic E-state index is 8.88. The fourth-order valence-electron chi connectivity index (χ4n) is 1.46. The first kappa shape index (κ1) is 13.0. The van der Waals surface area contributed by atoms with Crippen molar-refractivity contribution in [3.63, 3.8) is 0 Å². The molecular formula is C9H15N7OS. The molecule has 0 unspecified atom stereocenters. The van der Waals surface area contributed by atoms with E-state index in [1.54, 1.807) is 11.0 Å². The van der Waals surface area contributed by atoms with Gasteiger partial charge >= 0.3 is 0 Å². The second-order valence-corrected chi connectivity index (χ2v) is 4.54. The van der Waals surface area contributed by atoms with Gasteiger partial charge < -0.3 is 5.11 Å². The van der Waals surface area contributed by atoms with Gasteiger partial charge in [0, 0.05) is 6.54 Å². The van der Waals surface area contributed by atoms with Gasteiger partial charge in [0.25, 0.3) is 0 Å². The third-order valence-electron chi connectivity index (χ3n) is 2.27. The Balaban J connectivity index is 1.98. The summed E-state index contributed by atoms with van der Waals surface area (Å²) in [5.41, 5.74) is 0. The van der Waals surface area contributed by atoms with Crippen LogP contribution in [0.1, 0.15) is 19.2 Å². The number of tetrazole rings is 1. The van der Waals surface area contributed by atoms with Crippen LogP contribution >= 0.6 is 11.8 Å². The zero-order valence-corrected chi connectivity index (χ0v) is 10.9. The molecule has 98 valence electrons. The molecule has 9 heteroatoms. The van der Waals surface area contributed by atoms with Crippen molar-refractivity contribution in [3.05, 3.63) is 12.2 Å². The van der Waals surface area contributed by atoms with Crippen molar-refractivity contribution in [1.29, 1.82) is 0 Å². The molecule has 18 heavy (non-hydrogen) atoms. The molecule has 0 aromatic carbocycles. The Morgan fingerprint density at radius 2 is 2.22 bits per heavy atom. The predicted octanol–water partition coefficient (Wildman–Crippen LogP) is -0.0408. The minimum atomic E-state index is 0.0185. The molecule has 0 radical (unpaired) electrons. The molecule has 0 aliphatic heterocycles. The highest BCUT2D eigenvalue weighted by Gasteiger charge is 2.09. The SMILES string of the molecule is CCCn1ncnc1CSc1nnnn1CCO. The van der Waals surface area contributed by atoms with Crippen molar-refractivity contribution in [2.24, 2.45) is 0 Å². The molecule has 0 bridgehead atoms. The van der Waals surface area contributed by atoms with E-state index in [-0.39, 0.29) is 6.61 Å². The van der Waals surface area contributed by atoms with E-state index in [4.69, 9.17) is 5.11 Å². The summed E-state index contributed by atoms with van der Waals surface area (Å²) in [5.74, 6) is 1.56. The van der Waals surface area contributed by atoms with Gasteiger partial charge in [0.05, 0.1) is 18.9 Å². The van der Waals surface area contributed by atoms with Crippen molar-refractivity contribution in [1.82, 2.24) is 35.0 Å². The van der Waals surface area contributed by atoms with Crippen LogP contribution in [0.15, 0.2) is 11.5 Å². The third kappa shape index (κ3) is 3.05. The normalized spacial score (nSPS) is 11.0. The smallest absolute Gasteiger partial charge is 0.209 e. The summed E-state index contributed by atoms with van der Waals surface area (Å²) >= 11 is 1.48. The number of hydrogen-bond acceptors (Lipinski definition) is 7. The van der Waals surface area contributed by atoms with E-state index in [1.807, 2.05) is 4.68 Å². The molecule has 8 nitrogen and oxygen atoms in total. The molecule has 2 rings (SSSR count). The van der Waals surface area contributed by atoms with E-state index in [9.17, 15) is 0 Å². The summed E-state index contributed by atoms with van der Waals surface area (Å²) < 4.78 is 3.46. The number of aryl methyl sites for hydroxylation is 1. The number of rotatable bonds is 7. The molecule has 0 saturated heterocycles. The Labute approximate surface area is 108 Å². The number of hydrogen-bond donors (Lipinski definition) is 1. The van der Waals surface area contributed by atoms with Gasteiger partial charge in [-0.25, -0.2) is 14.3 Å². The van der Waals surface area contributed by atoms with Crippen LogP contribution in [0.3, 0.4) is 0 Å². The summed E-state index contributed by atoms with van der Waals surface area (Å²) in [4.78, 5) is 4.21. The molecule has 2 aromatic heterocycles. The first-order valence-electron chi connectivity index (χ1n) is 5.71.